The second kappa shape index (κ2) is 14.0. The third-order valence-corrected chi connectivity index (χ3v) is 3.70. The number of halogens is 1. The van der Waals surface area contributed by atoms with Gasteiger partial charge in [-0.3, -0.25) is 4.99 Å². The molecule has 0 radical (unpaired) electrons. The molecule has 0 fully saturated rings. The Balaban J connectivity index is 0.00000364. The number of hydrogen-bond acceptors (Lipinski definition) is 4. The largest absolute Gasteiger partial charge is 0.497 e. The summed E-state index contributed by atoms with van der Waals surface area (Å²) in [5, 5.41) is 9.92. The predicted molar refractivity (Wildman–Crippen MR) is 123 cm³/mol. The van der Waals surface area contributed by atoms with Crippen LogP contribution in [-0.2, 0) is 0 Å². The lowest BCUT2D eigenvalue weighted by Gasteiger charge is -2.13. The molecular weight excluding hydrogens is 455 g/mol. The van der Waals surface area contributed by atoms with E-state index in [0.29, 0.717) is 13.2 Å². The molecule has 2 aromatic carbocycles. The van der Waals surface area contributed by atoms with Crippen molar-refractivity contribution in [2.45, 2.75) is 6.42 Å². The maximum Gasteiger partial charge on any atom is 0.191 e. The molecular formula is C20H29IN4O2. The van der Waals surface area contributed by atoms with Crippen LogP contribution in [0.4, 0.5) is 5.69 Å². The molecule has 0 unspecified atom stereocenters. The number of rotatable bonds is 10. The Bertz CT molecular complexity index is 651. The zero-order valence-corrected chi connectivity index (χ0v) is 18.2. The SMILES string of the molecule is CN=C(NCCCNc1ccccc1)NCCOc1ccc(OC)cc1.I. The molecule has 0 aliphatic rings. The molecule has 0 aromatic heterocycles. The average molecular weight is 484 g/mol. The van der Waals surface area contributed by atoms with Crippen molar-refractivity contribution in [2.24, 2.45) is 4.99 Å². The van der Waals surface area contributed by atoms with Gasteiger partial charge in [0.05, 0.1) is 13.7 Å². The Morgan fingerprint density at radius 2 is 1.56 bits per heavy atom. The van der Waals surface area contributed by atoms with Crippen molar-refractivity contribution < 1.29 is 9.47 Å². The number of para-hydroxylation sites is 1. The zero-order chi connectivity index (χ0) is 18.5. The Kier molecular flexibility index (Phi) is 11.8. The van der Waals surface area contributed by atoms with E-state index < -0.39 is 0 Å². The first-order valence-electron chi connectivity index (χ1n) is 8.82. The number of aliphatic imine (C=N–C) groups is 1. The van der Waals surface area contributed by atoms with Crippen molar-refractivity contribution in [3.63, 3.8) is 0 Å². The van der Waals surface area contributed by atoms with Gasteiger partial charge < -0.3 is 25.4 Å². The summed E-state index contributed by atoms with van der Waals surface area (Å²) < 4.78 is 10.8. The monoisotopic (exact) mass is 484 g/mol. The number of nitrogens with one attached hydrogen (secondary N) is 3. The summed E-state index contributed by atoms with van der Waals surface area (Å²) in [6.45, 7) is 2.99. The van der Waals surface area contributed by atoms with E-state index in [2.05, 4.69) is 33.1 Å². The predicted octanol–water partition coefficient (Wildman–Crippen LogP) is 3.36. The van der Waals surface area contributed by atoms with E-state index in [9.17, 15) is 0 Å². The Morgan fingerprint density at radius 1 is 0.889 bits per heavy atom. The molecule has 0 aliphatic carbocycles. The number of anilines is 1. The molecule has 3 N–H and O–H groups in total. The molecule has 0 amide bonds. The zero-order valence-electron chi connectivity index (χ0n) is 15.9. The van der Waals surface area contributed by atoms with Gasteiger partial charge in [0.15, 0.2) is 5.96 Å². The molecule has 7 heteroatoms. The second-order valence-corrected chi connectivity index (χ2v) is 5.60. The van der Waals surface area contributed by atoms with Crippen LogP contribution in [0.15, 0.2) is 59.6 Å². The highest BCUT2D eigenvalue weighted by atomic mass is 127. The van der Waals surface area contributed by atoms with Crippen molar-refractivity contribution in [1.82, 2.24) is 10.6 Å². The second-order valence-electron chi connectivity index (χ2n) is 5.60. The summed E-state index contributed by atoms with van der Waals surface area (Å²) in [5.74, 6) is 2.42. The van der Waals surface area contributed by atoms with Crippen LogP contribution in [0.2, 0.25) is 0 Å². The van der Waals surface area contributed by atoms with Crippen LogP contribution in [0.25, 0.3) is 0 Å². The van der Waals surface area contributed by atoms with E-state index in [0.717, 1.165) is 42.7 Å². The smallest absolute Gasteiger partial charge is 0.191 e. The summed E-state index contributed by atoms with van der Waals surface area (Å²) >= 11 is 0. The van der Waals surface area contributed by atoms with Gasteiger partial charge in [-0.1, -0.05) is 18.2 Å². The van der Waals surface area contributed by atoms with Gasteiger partial charge in [0.2, 0.25) is 0 Å². The fraction of sp³-hybridized carbons (Fsp3) is 0.350. The van der Waals surface area contributed by atoms with Crippen LogP contribution in [0.1, 0.15) is 6.42 Å². The van der Waals surface area contributed by atoms with E-state index in [1.165, 1.54) is 0 Å². The van der Waals surface area contributed by atoms with Gasteiger partial charge in [-0.15, -0.1) is 24.0 Å². The molecule has 6 nitrogen and oxygen atoms in total. The summed E-state index contributed by atoms with van der Waals surface area (Å²) in [5.41, 5.74) is 1.14. The molecule has 0 bridgehead atoms. The molecule has 0 atom stereocenters. The first-order chi connectivity index (χ1) is 12.8. The Labute approximate surface area is 178 Å². The normalized spacial score (nSPS) is 10.5. The molecule has 0 saturated carbocycles. The molecule has 0 spiro atoms. The van der Waals surface area contributed by atoms with Gasteiger partial charge in [-0.2, -0.15) is 0 Å². The summed E-state index contributed by atoms with van der Waals surface area (Å²) in [6.07, 6.45) is 0.998. The number of benzene rings is 2. The van der Waals surface area contributed by atoms with E-state index in [1.54, 1.807) is 14.2 Å². The van der Waals surface area contributed by atoms with Crippen LogP contribution >= 0.6 is 24.0 Å². The molecule has 27 heavy (non-hydrogen) atoms. The van der Waals surface area contributed by atoms with Gasteiger partial charge in [0, 0.05) is 25.8 Å². The van der Waals surface area contributed by atoms with Crippen molar-refractivity contribution in [2.75, 3.05) is 45.7 Å². The third kappa shape index (κ3) is 9.37. The van der Waals surface area contributed by atoms with Crippen molar-refractivity contribution in [3.8, 4) is 11.5 Å². The van der Waals surface area contributed by atoms with Crippen LogP contribution < -0.4 is 25.4 Å². The van der Waals surface area contributed by atoms with E-state index >= 15 is 0 Å². The minimum absolute atomic E-state index is 0. The third-order valence-electron chi connectivity index (χ3n) is 3.70. The fourth-order valence-electron chi connectivity index (χ4n) is 2.31. The standard InChI is InChI=1S/C20H28N4O2.HI/c1-21-20(23-14-6-13-22-17-7-4-3-5-8-17)24-15-16-26-19-11-9-18(25-2)10-12-19;/h3-5,7-12,22H,6,13-16H2,1-2H3,(H2,21,23,24);1H. The fourth-order valence-corrected chi connectivity index (χ4v) is 2.31. The first-order valence-corrected chi connectivity index (χ1v) is 8.82. The van der Waals surface area contributed by atoms with E-state index in [-0.39, 0.29) is 24.0 Å². The van der Waals surface area contributed by atoms with Gasteiger partial charge in [-0.25, -0.2) is 0 Å². The molecule has 0 saturated heterocycles. The Hall–Kier alpha value is -2.16. The molecule has 2 rings (SSSR count). The van der Waals surface area contributed by atoms with Crippen molar-refractivity contribution in [1.29, 1.82) is 0 Å². The highest BCUT2D eigenvalue weighted by Crippen LogP contribution is 2.16. The minimum Gasteiger partial charge on any atom is -0.497 e. The lowest BCUT2D eigenvalue weighted by atomic mass is 10.3. The summed E-state index contributed by atoms with van der Waals surface area (Å²) in [7, 11) is 3.41. The average Bonchev–Trinajstić information content (AvgIpc) is 2.70. The number of guanidine groups is 1. The maximum atomic E-state index is 5.68. The van der Waals surface area contributed by atoms with Crippen LogP contribution in [0.5, 0.6) is 11.5 Å². The van der Waals surface area contributed by atoms with Crippen LogP contribution in [0, 0.1) is 0 Å². The first kappa shape index (κ1) is 22.9. The number of nitrogens with zero attached hydrogens (tertiary/aromatic N) is 1. The summed E-state index contributed by atoms with van der Waals surface area (Å²) in [4.78, 5) is 4.21. The quantitative estimate of drug-likeness (QED) is 0.209. The highest BCUT2D eigenvalue weighted by molar-refractivity contribution is 14.0. The van der Waals surface area contributed by atoms with Gasteiger partial charge in [0.1, 0.15) is 18.1 Å². The lowest BCUT2D eigenvalue weighted by Crippen LogP contribution is -2.40. The number of ether oxygens (including phenoxy) is 2. The van der Waals surface area contributed by atoms with Gasteiger partial charge in [-0.05, 0) is 42.8 Å². The lowest BCUT2D eigenvalue weighted by molar-refractivity contribution is 0.321. The minimum atomic E-state index is 0. The van der Waals surface area contributed by atoms with Crippen LogP contribution in [-0.4, -0.2) is 46.4 Å². The molecule has 148 valence electrons. The molecule has 0 aliphatic heterocycles. The van der Waals surface area contributed by atoms with E-state index in [1.807, 2.05) is 42.5 Å². The summed E-state index contributed by atoms with van der Waals surface area (Å²) in [6, 6.07) is 17.8. The Morgan fingerprint density at radius 3 is 2.22 bits per heavy atom. The molecule has 2 aromatic rings. The number of methoxy groups -OCH3 is 1. The highest BCUT2D eigenvalue weighted by Gasteiger charge is 1.98. The van der Waals surface area contributed by atoms with Crippen LogP contribution in [0.3, 0.4) is 0 Å². The van der Waals surface area contributed by atoms with Crippen molar-refractivity contribution in [3.05, 3.63) is 54.6 Å². The van der Waals surface area contributed by atoms with E-state index in [4.69, 9.17) is 9.47 Å². The number of hydrogen-bond donors (Lipinski definition) is 3. The van der Waals surface area contributed by atoms with Gasteiger partial charge in [0.25, 0.3) is 0 Å². The molecule has 0 heterocycles. The van der Waals surface area contributed by atoms with Crippen molar-refractivity contribution >= 4 is 35.6 Å². The van der Waals surface area contributed by atoms with Gasteiger partial charge >= 0.3 is 0 Å². The topological polar surface area (TPSA) is 66.9 Å². The maximum absolute atomic E-state index is 5.68.